The summed E-state index contributed by atoms with van der Waals surface area (Å²) < 4.78 is 0. The maximum Gasteiger partial charge on any atom is 0.0897 e. The van der Waals surface area contributed by atoms with E-state index in [0.29, 0.717) is 0 Å². The van der Waals surface area contributed by atoms with Gasteiger partial charge in [0.15, 0.2) is 0 Å². The van der Waals surface area contributed by atoms with E-state index in [1.807, 2.05) is 13.1 Å². The molecule has 0 bridgehead atoms. The molecule has 0 saturated heterocycles. The Labute approximate surface area is 132 Å². The van der Waals surface area contributed by atoms with Crippen molar-refractivity contribution in [3.63, 3.8) is 0 Å². The van der Waals surface area contributed by atoms with Crippen molar-refractivity contribution in [1.82, 2.24) is 15.2 Å². The predicted octanol–water partition coefficient (Wildman–Crippen LogP) is 3.58. The first-order valence-corrected chi connectivity index (χ1v) is 8.45. The molecule has 0 atom stereocenters. The molecular formula is C17H25N3S. The number of nitrogens with zero attached hydrogens (tertiary/aromatic N) is 2. The van der Waals surface area contributed by atoms with Crippen LogP contribution in [0, 0.1) is 6.92 Å². The fraction of sp³-hybridized carbons (Fsp3) is 0.471. The zero-order valence-electron chi connectivity index (χ0n) is 13.2. The minimum atomic E-state index is 0.894. The number of aromatic nitrogens is 1. The van der Waals surface area contributed by atoms with E-state index in [1.54, 1.807) is 11.3 Å². The topological polar surface area (TPSA) is 28.2 Å². The molecule has 2 aromatic rings. The highest BCUT2D eigenvalue weighted by Gasteiger charge is 2.06. The van der Waals surface area contributed by atoms with Crippen molar-refractivity contribution >= 4 is 11.3 Å². The van der Waals surface area contributed by atoms with E-state index in [4.69, 9.17) is 0 Å². The maximum absolute atomic E-state index is 4.29. The zero-order chi connectivity index (χ0) is 15.1. The third-order valence-corrected chi connectivity index (χ3v) is 4.60. The van der Waals surface area contributed by atoms with E-state index in [9.17, 15) is 0 Å². The first-order chi connectivity index (χ1) is 10.2. The van der Waals surface area contributed by atoms with Crippen LogP contribution in [0.1, 0.15) is 34.9 Å². The fourth-order valence-electron chi connectivity index (χ4n) is 2.38. The van der Waals surface area contributed by atoms with Crippen LogP contribution < -0.4 is 5.32 Å². The summed E-state index contributed by atoms with van der Waals surface area (Å²) in [6.07, 6.45) is 1.97. The number of thiazole rings is 1. The summed E-state index contributed by atoms with van der Waals surface area (Å²) >= 11 is 1.76. The molecule has 0 aliphatic carbocycles. The summed E-state index contributed by atoms with van der Waals surface area (Å²) in [5.41, 5.74) is 2.82. The van der Waals surface area contributed by atoms with Crippen molar-refractivity contribution in [3.05, 3.63) is 51.5 Å². The van der Waals surface area contributed by atoms with Crippen molar-refractivity contribution < 1.29 is 0 Å². The van der Waals surface area contributed by atoms with E-state index in [1.165, 1.54) is 16.0 Å². The Hall–Kier alpha value is -1.23. The molecule has 0 amide bonds. The Morgan fingerprint density at radius 1 is 1.10 bits per heavy atom. The molecular weight excluding hydrogens is 278 g/mol. The van der Waals surface area contributed by atoms with Gasteiger partial charge in [0.25, 0.3) is 0 Å². The van der Waals surface area contributed by atoms with Crippen LogP contribution in [0.25, 0.3) is 0 Å². The molecule has 0 fully saturated rings. The number of hydrogen-bond acceptors (Lipinski definition) is 4. The van der Waals surface area contributed by atoms with E-state index in [2.05, 4.69) is 53.3 Å². The van der Waals surface area contributed by atoms with Gasteiger partial charge in [-0.15, -0.1) is 11.3 Å². The quantitative estimate of drug-likeness (QED) is 0.808. The molecule has 0 aliphatic heterocycles. The highest BCUT2D eigenvalue weighted by molar-refractivity contribution is 7.11. The Morgan fingerprint density at radius 3 is 2.43 bits per heavy atom. The molecule has 0 spiro atoms. The third-order valence-electron chi connectivity index (χ3n) is 3.69. The number of rotatable bonds is 8. The number of hydrogen-bond donors (Lipinski definition) is 1. The molecule has 0 aliphatic rings. The summed E-state index contributed by atoms with van der Waals surface area (Å²) in [5, 5.41) is 4.67. The van der Waals surface area contributed by atoms with E-state index < -0.39 is 0 Å². The van der Waals surface area contributed by atoms with Crippen molar-refractivity contribution in [2.75, 3.05) is 13.1 Å². The van der Waals surface area contributed by atoms with Gasteiger partial charge < -0.3 is 5.32 Å². The lowest BCUT2D eigenvalue weighted by Crippen LogP contribution is -2.23. The summed E-state index contributed by atoms with van der Waals surface area (Å²) in [6, 6.07) is 8.73. The van der Waals surface area contributed by atoms with Gasteiger partial charge in [0.1, 0.15) is 0 Å². The first-order valence-electron chi connectivity index (χ1n) is 7.64. The van der Waals surface area contributed by atoms with Gasteiger partial charge in [-0.1, -0.05) is 38.1 Å². The summed E-state index contributed by atoms with van der Waals surface area (Å²) in [4.78, 5) is 8.04. The minimum Gasteiger partial charge on any atom is -0.308 e. The van der Waals surface area contributed by atoms with Gasteiger partial charge in [0, 0.05) is 30.7 Å². The van der Waals surface area contributed by atoms with Gasteiger partial charge in [-0.25, -0.2) is 4.98 Å². The number of benzene rings is 1. The van der Waals surface area contributed by atoms with Crippen molar-refractivity contribution in [2.45, 2.75) is 40.4 Å². The van der Waals surface area contributed by atoms with Crippen LogP contribution in [0.5, 0.6) is 0 Å². The molecule has 114 valence electrons. The van der Waals surface area contributed by atoms with Crippen molar-refractivity contribution in [2.24, 2.45) is 0 Å². The van der Waals surface area contributed by atoms with Gasteiger partial charge in [-0.3, -0.25) is 4.90 Å². The Balaban J connectivity index is 1.93. The van der Waals surface area contributed by atoms with Crippen LogP contribution in [-0.4, -0.2) is 23.0 Å². The van der Waals surface area contributed by atoms with Crippen LogP contribution in [-0.2, 0) is 19.6 Å². The summed E-state index contributed by atoms with van der Waals surface area (Å²) in [6.45, 7) is 11.5. The lowest BCUT2D eigenvalue weighted by molar-refractivity contribution is 0.294. The smallest absolute Gasteiger partial charge is 0.0897 e. The Kier molecular flexibility index (Phi) is 6.36. The number of aryl methyl sites for hydroxylation is 1. The van der Waals surface area contributed by atoms with Crippen molar-refractivity contribution in [1.29, 1.82) is 0 Å². The van der Waals surface area contributed by atoms with Crippen molar-refractivity contribution in [3.8, 4) is 0 Å². The van der Waals surface area contributed by atoms with Crippen LogP contribution in [0.15, 0.2) is 30.5 Å². The molecule has 1 N–H and O–H groups in total. The molecule has 0 radical (unpaired) electrons. The molecule has 1 aromatic carbocycles. The standard InChI is InChI=1S/C17H25N3S/c1-4-20(5-2)13-16-9-7-6-8-15(16)10-18-11-17-12-19-14(3)21-17/h6-9,12,18H,4-5,10-11,13H2,1-3H3. The molecule has 3 nitrogen and oxygen atoms in total. The SMILES string of the molecule is CCN(CC)Cc1ccccc1CNCc1cnc(C)s1. The van der Waals surface area contributed by atoms with Crippen LogP contribution >= 0.6 is 11.3 Å². The normalized spacial score (nSPS) is 11.2. The van der Waals surface area contributed by atoms with Crippen LogP contribution in [0.4, 0.5) is 0 Å². The van der Waals surface area contributed by atoms with Gasteiger partial charge in [-0.05, 0) is 31.1 Å². The van der Waals surface area contributed by atoms with Crippen LogP contribution in [0.2, 0.25) is 0 Å². The minimum absolute atomic E-state index is 0.894. The molecule has 2 rings (SSSR count). The highest BCUT2D eigenvalue weighted by atomic mass is 32.1. The lowest BCUT2D eigenvalue weighted by atomic mass is 10.1. The molecule has 0 unspecified atom stereocenters. The first kappa shape index (κ1) is 16.1. The van der Waals surface area contributed by atoms with Gasteiger partial charge >= 0.3 is 0 Å². The van der Waals surface area contributed by atoms with Gasteiger partial charge in [-0.2, -0.15) is 0 Å². The van der Waals surface area contributed by atoms with E-state index >= 15 is 0 Å². The monoisotopic (exact) mass is 303 g/mol. The van der Waals surface area contributed by atoms with Gasteiger partial charge in [0.05, 0.1) is 5.01 Å². The second-order valence-corrected chi connectivity index (χ2v) is 6.50. The molecule has 0 saturated carbocycles. The second-order valence-electron chi connectivity index (χ2n) is 5.18. The fourth-order valence-corrected chi connectivity index (χ4v) is 3.14. The van der Waals surface area contributed by atoms with Gasteiger partial charge in [0.2, 0.25) is 0 Å². The largest absolute Gasteiger partial charge is 0.308 e. The Bertz CT molecular complexity index is 546. The highest BCUT2D eigenvalue weighted by Crippen LogP contribution is 2.14. The second kappa shape index (κ2) is 8.27. The zero-order valence-corrected chi connectivity index (χ0v) is 14.0. The van der Waals surface area contributed by atoms with Crippen LogP contribution in [0.3, 0.4) is 0 Å². The predicted molar refractivity (Wildman–Crippen MR) is 90.5 cm³/mol. The summed E-state index contributed by atoms with van der Waals surface area (Å²) in [7, 11) is 0. The molecule has 4 heteroatoms. The molecule has 1 aromatic heterocycles. The molecule has 1 heterocycles. The summed E-state index contributed by atoms with van der Waals surface area (Å²) in [5.74, 6) is 0. The lowest BCUT2D eigenvalue weighted by Gasteiger charge is -2.20. The average Bonchev–Trinajstić information content (AvgIpc) is 2.91. The maximum atomic E-state index is 4.29. The number of nitrogens with one attached hydrogen (secondary N) is 1. The Morgan fingerprint density at radius 2 is 1.81 bits per heavy atom. The third kappa shape index (κ3) is 4.92. The average molecular weight is 303 g/mol. The molecule has 21 heavy (non-hydrogen) atoms. The van der Waals surface area contributed by atoms with E-state index in [0.717, 1.165) is 37.7 Å². The van der Waals surface area contributed by atoms with E-state index in [-0.39, 0.29) is 0 Å².